The highest BCUT2D eigenvalue weighted by atomic mass is 35.5. The summed E-state index contributed by atoms with van der Waals surface area (Å²) in [5.74, 6) is 0.834. The van der Waals surface area contributed by atoms with E-state index in [4.69, 9.17) is 16.6 Å². The van der Waals surface area contributed by atoms with Gasteiger partial charge >= 0.3 is 0 Å². The van der Waals surface area contributed by atoms with Crippen LogP contribution in [-0.2, 0) is 17.6 Å². The van der Waals surface area contributed by atoms with Gasteiger partial charge in [0.1, 0.15) is 11.9 Å². The lowest BCUT2D eigenvalue weighted by Crippen LogP contribution is -2.34. The first-order chi connectivity index (χ1) is 16.0. The lowest BCUT2D eigenvalue weighted by molar-refractivity contribution is -0.124. The number of imidazole rings is 1. The first kappa shape index (κ1) is 23.0. The lowest BCUT2D eigenvalue weighted by atomic mass is 10.1. The smallest absolute Gasteiger partial charge is 0.243 e. The summed E-state index contributed by atoms with van der Waals surface area (Å²) in [6.45, 7) is 6.75. The molecule has 0 aliphatic carbocycles. The van der Waals surface area contributed by atoms with Gasteiger partial charge in [-0.2, -0.15) is 0 Å². The number of aromatic nitrogens is 3. The quantitative estimate of drug-likeness (QED) is 0.372. The third-order valence-corrected chi connectivity index (χ3v) is 6.46. The van der Waals surface area contributed by atoms with Gasteiger partial charge < -0.3 is 9.88 Å². The molecular weight excluding hydrogens is 432 g/mol. The zero-order chi connectivity index (χ0) is 23.4. The van der Waals surface area contributed by atoms with Crippen LogP contribution in [0, 0.1) is 13.8 Å². The Hall–Kier alpha value is -3.18. The molecule has 6 heteroatoms. The monoisotopic (exact) mass is 460 g/mol. The number of hydrogen-bond acceptors (Lipinski definition) is 3. The molecule has 0 aliphatic heterocycles. The molecule has 0 aliphatic rings. The maximum absolute atomic E-state index is 13.3. The van der Waals surface area contributed by atoms with E-state index in [0.29, 0.717) is 30.8 Å². The molecule has 5 nitrogen and oxygen atoms in total. The zero-order valence-corrected chi connectivity index (χ0v) is 20.1. The molecule has 1 unspecified atom stereocenters. The zero-order valence-electron chi connectivity index (χ0n) is 19.3. The van der Waals surface area contributed by atoms with Gasteiger partial charge in [0, 0.05) is 36.3 Å². The summed E-state index contributed by atoms with van der Waals surface area (Å²) in [5, 5.41) is 3.81. The molecule has 170 valence electrons. The second-order valence-electron chi connectivity index (χ2n) is 8.38. The molecule has 2 aromatic carbocycles. The van der Waals surface area contributed by atoms with Crippen LogP contribution in [0.4, 0.5) is 0 Å². The van der Waals surface area contributed by atoms with Gasteiger partial charge in [0.2, 0.25) is 5.91 Å². The summed E-state index contributed by atoms with van der Waals surface area (Å²) in [7, 11) is 0. The predicted octanol–water partition coefficient (Wildman–Crippen LogP) is 5.60. The van der Waals surface area contributed by atoms with Crippen molar-refractivity contribution in [2.75, 3.05) is 6.54 Å². The number of carbonyl (C=O) groups excluding carboxylic acids is 1. The Kier molecular flexibility index (Phi) is 7.09. The number of pyridine rings is 1. The first-order valence-electron chi connectivity index (χ1n) is 11.4. The Bertz CT molecular complexity index is 1270. The van der Waals surface area contributed by atoms with Crippen LogP contribution in [0.5, 0.6) is 0 Å². The Morgan fingerprint density at radius 1 is 1.09 bits per heavy atom. The Morgan fingerprint density at radius 2 is 1.85 bits per heavy atom. The molecule has 1 amide bonds. The van der Waals surface area contributed by atoms with Crippen molar-refractivity contribution in [3.8, 4) is 0 Å². The van der Waals surface area contributed by atoms with Crippen LogP contribution in [0.15, 0.2) is 60.8 Å². The van der Waals surface area contributed by atoms with E-state index in [1.54, 1.807) is 6.20 Å². The van der Waals surface area contributed by atoms with Crippen LogP contribution in [0.2, 0.25) is 5.02 Å². The van der Waals surface area contributed by atoms with E-state index >= 15 is 0 Å². The molecule has 2 heterocycles. The molecule has 4 aromatic rings. The summed E-state index contributed by atoms with van der Waals surface area (Å²) in [4.78, 5) is 22.6. The number of benzene rings is 2. The van der Waals surface area contributed by atoms with Crippen molar-refractivity contribution in [1.82, 2.24) is 19.9 Å². The maximum atomic E-state index is 13.3. The van der Waals surface area contributed by atoms with Gasteiger partial charge in [0.05, 0.1) is 11.0 Å². The van der Waals surface area contributed by atoms with Gasteiger partial charge in [0.15, 0.2) is 0 Å². The molecule has 0 bridgehead atoms. The minimum atomic E-state index is -0.363. The average Bonchev–Trinajstić information content (AvgIpc) is 3.13. The van der Waals surface area contributed by atoms with Crippen LogP contribution in [-0.4, -0.2) is 27.0 Å². The Morgan fingerprint density at radius 3 is 2.58 bits per heavy atom. The number of rotatable bonds is 8. The molecule has 0 saturated carbocycles. The van der Waals surface area contributed by atoms with Crippen LogP contribution in [0.1, 0.15) is 47.6 Å². The van der Waals surface area contributed by atoms with Crippen molar-refractivity contribution in [3.63, 3.8) is 0 Å². The predicted molar refractivity (Wildman–Crippen MR) is 134 cm³/mol. The third kappa shape index (κ3) is 5.09. The molecule has 33 heavy (non-hydrogen) atoms. The number of aryl methyl sites for hydroxylation is 2. The number of halogens is 1. The van der Waals surface area contributed by atoms with Crippen molar-refractivity contribution in [1.29, 1.82) is 0 Å². The van der Waals surface area contributed by atoms with Crippen LogP contribution in [0.3, 0.4) is 0 Å². The highest BCUT2D eigenvalue weighted by Gasteiger charge is 2.25. The average molecular weight is 461 g/mol. The molecule has 1 atom stereocenters. The molecule has 0 fully saturated rings. The summed E-state index contributed by atoms with van der Waals surface area (Å²) < 4.78 is 2.10. The van der Waals surface area contributed by atoms with Gasteiger partial charge in [-0.05, 0) is 67.3 Å². The molecule has 0 radical (unpaired) electrons. The highest BCUT2D eigenvalue weighted by molar-refractivity contribution is 6.31. The van der Waals surface area contributed by atoms with Crippen LogP contribution < -0.4 is 5.32 Å². The third-order valence-electron chi connectivity index (χ3n) is 6.09. The normalized spacial score (nSPS) is 12.1. The van der Waals surface area contributed by atoms with Crippen molar-refractivity contribution in [3.05, 3.63) is 94.0 Å². The Balaban J connectivity index is 1.67. The minimum Gasteiger partial charge on any atom is -0.354 e. The van der Waals surface area contributed by atoms with E-state index in [1.807, 2.05) is 49.4 Å². The summed E-state index contributed by atoms with van der Waals surface area (Å²) in [6, 6.07) is 17.5. The molecule has 0 spiro atoms. The fraction of sp³-hybridized carbons (Fsp3) is 0.296. The minimum absolute atomic E-state index is 0.00799. The summed E-state index contributed by atoms with van der Waals surface area (Å²) >= 11 is 6.46. The van der Waals surface area contributed by atoms with E-state index in [9.17, 15) is 4.79 Å². The molecule has 1 N–H and O–H groups in total. The number of carbonyl (C=O) groups is 1. The SMILES string of the molecule is CCC(C(=O)NCCc1ccccn1)n1c(Cc2ccccc2Cl)nc2cc(C)c(C)cc21. The topological polar surface area (TPSA) is 59.8 Å². The van der Waals surface area contributed by atoms with Gasteiger partial charge in [-0.1, -0.05) is 42.8 Å². The van der Waals surface area contributed by atoms with E-state index in [0.717, 1.165) is 28.1 Å². The van der Waals surface area contributed by atoms with Crippen molar-refractivity contribution >= 4 is 28.5 Å². The van der Waals surface area contributed by atoms with Crippen molar-refractivity contribution in [2.45, 2.75) is 46.1 Å². The van der Waals surface area contributed by atoms with Crippen LogP contribution >= 0.6 is 11.6 Å². The molecule has 2 aromatic heterocycles. The number of nitrogens with zero attached hydrogens (tertiary/aromatic N) is 3. The number of fused-ring (bicyclic) bond motifs is 1. The lowest BCUT2D eigenvalue weighted by Gasteiger charge is -2.21. The van der Waals surface area contributed by atoms with Gasteiger partial charge in [0.25, 0.3) is 0 Å². The van der Waals surface area contributed by atoms with E-state index in [2.05, 4.69) is 40.8 Å². The highest BCUT2D eigenvalue weighted by Crippen LogP contribution is 2.29. The molecule has 4 rings (SSSR count). The van der Waals surface area contributed by atoms with Gasteiger partial charge in [-0.25, -0.2) is 4.98 Å². The first-order valence-corrected chi connectivity index (χ1v) is 11.7. The fourth-order valence-electron chi connectivity index (χ4n) is 4.15. The number of nitrogens with one attached hydrogen (secondary N) is 1. The Labute approximate surface area is 199 Å². The summed E-state index contributed by atoms with van der Waals surface area (Å²) in [5.41, 5.74) is 6.20. The van der Waals surface area contributed by atoms with E-state index in [1.165, 1.54) is 11.1 Å². The second kappa shape index (κ2) is 10.2. The maximum Gasteiger partial charge on any atom is 0.243 e. The number of hydrogen-bond donors (Lipinski definition) is 1. The van der Waals surface area contributed by atoms with Gasteiger partial charge in [-0.3, -0.25) is 9.78 Å². The van der Waals surface area contributed by atoms with E-state index < -0.39 is 0 Å². The summed E-state index contributed by atoms with van der Waals surface area (Å²) in [6.07, 6.45) is 3.68. The molecule has 0 saturated heterocycles. The van der Waals surface area contributed by atoms with Gasteiger partial charge in [-0.15, -0.1) is 0 Å². The largest absolute Gasteiger partial charge is 0.354 e. The van der Waals surface area contributed by atoms with Crippen LogP contribution in [0.25, 0.3) is 11.0 Å². The van der Waals surface area contributed by atoms with Crippen molar-refractivity contribution in [2.24, 2.45) is 0 Å². The van der Waals surface area contributed by atoms with Crippen molar-refractivity contribution < 1.29 is 4.79 Å². The van der Waals surface area contributed by atoms with E-state index in [-0.39, 0.29) is 11.9 Å². The fourth-order valence-corrected chi connectivity index (χ4v) is 4.35. The standard InChI is InChI=1S/C27H29ClN4O/c1-4-24(27(33)30-14-12-21-10-7-8-13-29-21)32-25-16-19(3)18(2)15-23(25)31-26(32)17-20-9-5-6-11-22(20)28/h5-11,13,15-16,24H,4,12,14,17H2,1-3H3,(H,30,33). The number of amides is 1. The molecular formula is C27H29ClN4O. The second-order valence-corrected chi connectivity index (χ2v) is 8.78.